The molecule has 0 spiro atoms. The summed E-state index contributed by atoms with van der Waals surface area (Å²) in [5, 5.41) is 2.99. The van der Waals surface area contributed by atoms with E-state index in [4.69, 9.17) is 4.74 Å². The van der Waals surface area contributed by atoms with E-state index in [2.05, 4.69) is 5.32 Å². The van der Waals surface area contributed by atoms with Crippen molar-refractivity contribution >= 4 is 17.5 Å². The van der Waals surface area contributed by atoms with Crippen LogP contribution in [0.5, 0.6) is 0 Å². The Labute approximate surface area is 125 Å². The molecule has 1 aromatic rings. The van der Waals surface area contributed by atoms with Gasteiger partial charge in [-0.05, 0) is 24.5 Å². The number of amides is 2. The smallest absolute Gasteiger partial charge is 0.227 e. The maximum Gasteiger partial charge on any atom is 0.227 e. The van der Waals surface area contributed by atoms with Crippen LogP contribution in [-0.2, 0) is 20.9 Å². The van der Waals surface area contributed by atoms with Gasteiger partial charge < -0.3 is 15.0 Å². The summed E-state index contributed by atoms with van der Waals surface area (Å²) in [4.78, 5) is 25.3. The Kier molecular flexibility index (Phi) is 5.33. The molecule has 0 aromatic heterocycles. The molecule has 5 heteroatoms. The van der Waals surface area contributed by atoms with Crippen molar-refractivity contribution in [3.05, 3.63) is 29.8 Å². The molecule has 1 saturated heterocycles. The number of benzene rings is 1. The molecule has 2 amide bonds. The molecular weight excluding hydrogens is 268 g/mol. The van der Waals surface area contributed by atoms with E-state index >= 15 is 0 Å². The number of carbonyl (C=O) groups excluding carboxylic acids is 2. The zero-order valence-corrected chi connectivity index (χ0v) is 12.6. The molecule has 0 saturated carbocycles. The highest BCUT2D eigenvalue weighted by atomic mass is 16.5. The average Bonchev–Trinajstić information content (AvgIpc) is 2.50. The van der Waals surface area contributed by atoms with Crippen LogP contribution in [0, 0.1) is 5.92 Å². The summed E-state index contributed by atoms with van der Waals surface area (Å²) in [6.45, 7) is 3.31. The molecule has 1 heterocycles. The lowest BCUT2D eigenvalue weighted by molar-refractivity contribution is -0.128. The van der Waals surface area contributed by atoms with E-state index in [9.17, 15) is 9.59 Å². The summed E-state index contributed by atoms with van der Waals surface area (Å²) in [7, 11) is 1.75. The standard InChI is InChI=1S/C16H22N2O3/c1-12(19)18(2)11-14-5-3-4-6-15(14)17-16(20)13-7-9-21-10-8-13/h3-6,13H,7-11H2,1-2H3,(H,17,20). The van der Waals surface area contributed by atoms with Gasteiger partial charge in [0.25, 0.3) is 0 Å². The van der Waals surface area contributed by atoms with E-state index in [0.29, 0.717) is 19.8 Å². The quantitative estimate of drug-likeness (QED) is 0.923. The first-order valence-electron chi connectivity index (χ1n) is 7.26. The Morgan fingerprint density at radius 2 is 1.95 bits per heavy atom. The summed E-state index contributed by atoms with van der Waals surface area (Å²) in [5.41, 5.74) is 1.72. The van der Waals surface area contributed by atoms with Gasteiger partial charge in [0.05, 0.1) is 0 Å². The van der Waals surface area contributed by atoms with Gasteiger partial charge in [0.2, 0.25) is 11.8 Å². The normalized spacial score (nSPS) is 15.5. The lowest BCUT2D eigenvalue weighted by Gasteiger charge is -2.23. The number of hydrogen-bond donors (Lipinski definition) is 1. The first kappa shape index (κ1) is 15.5. The Morgan fingerprint density at radius 3 is 2.62 bits per heavy atom. The number of nitrogens with one attached hydrogen (secondary N) is 1. The fourth-order valence-electron chi connectivity index (χ4n) is 2.34. The zero-order chi connectivity index (χ0) is 15.2. The van der Waals surface area contributed by atoms with Crippen molar-refractivity contribution in [3.8, 4) is 0 Å². The second kappa shape index (κ2) is 7.22. The molecule has 21 heavy (non-hydrogen) atoms. The first-order chi connectivity index (χ1) is 10.1. The van der Waals surface area contributed by atoms with Crippen LogP contribution in [0.3, 0.4) is 0 Å². The van der Waals surface area contributed by atoms with Crippen LogP contribution in [0.2, 0.25) is 0 Å². The average molecular weight is 290 g/mol. The molecule has 1 aliphatic heterocycles. The molecule has 1 fully saturated rings. The third-order valence-electron chi connectivity index (χ3n) is 3.81. The van der Waals surface area contributed by atoms with Crippen molar-refractivity contribution in [2.75, 3.05) is 25.6 Å². The molecule has 0 bridgehead atoms. The van der Waals surface area contributed by atoms with Crippen molar-refractivity contribution in [1.29, 1.82) is 0 Å². The van der Waals surface area contributed by atoms with Gasteiger partial charge >= 0.3 is 0 Å². The molecule has 2 rings (SSSR count). The molecular formula is C16H22N2O3. The molecule has 5 nitrogen and oxygen atoms in total. The van der Waals surface area contributed by atoms with E-state index in [1.165, 1.54) is 6.92 Å². The van der Waals surface area contributed by atoms with Crippen molar-refractivity contribution in [2.24, 2.45) is 5.92 Å². The number of ether oxygens (including phenoxy) is 1. The minimum Gasteiger partial charge on any atom is -0.381 e. The highest BCUT2D eigenvalue weighted by Gasteiger charge is 2.22. The van der Waals surface area contributed by atoms with Gasteiger partial charge in [-0.2, -0.15) is 0 Å². The largest absolute Gasteiger partial charge is 0.381 e. The van der Waals surface area contributed by atoms with Gasteiger partial charge in [-0.3, -0.25) is 9.59 Å². The number of para-hydroxylation sites is 1. The topological polar surface area (TPSA) is 58.6 Å². The number of carbonyl (C=O) groups is 2. The Bertz CT molecular complexity index is 510. The molecule has 1 N–H and O–H groups in total. The predicted molar refractivity (Wildman–Crippen MR) is 80.8 cm³/mol. The van der Waals surface area contributed by atoms with Gasteiger partial charge in [0.15, 0.2) is 0 Å². The lowest BCUT2D eigenvalue weighted by Crippen LogP contribution is -2.29. The van der Waals surface area contributed by atoms with Gasteiger partial charge in [-0.25, -0.2) is 0 Å². The van der Waals surface area contributed by atoms with Crippen molar-refractivity contribution in [1.82, 2.24) is 4.90 Å². The van der Waals surface area contributed by atoms with Crippen LogP contribution < -0.4 is 5.32 Å². The van der Waals surface area contributed by atoms with E-state index in [1.807, 2.05) is 24.3 Å². The summed E-state index contributed by atoms with van der Waals surface area (Å²) in [6.07, 6.45) is 1.53. The summed E-state index contributed by atoms with van der Waals surface area (Å²) in [5.74, 6) is 0.0501. The van der Waals surface area contributed by atoms with Crippen LogP contribution in [0.1, 0.15) is 25.3 Å². The molecule has 0 radical (unpaired) electrons. The summed E-state index contributed by atoms with van der Waals surface area (Å²) >= 11 is 0. The molecule has 0 unspecified atom stereocenters. The van der Waals surface area contributed by atoms with Crippen molar-refractivity contribution in [2.45, 2.75) is 26.3 Å². The van der Waals surface area contributed by atoms with Crippen LogP contribution in [0.15, 0.2) is 24.3 Å². The SMILES string of the molecule is CC(=O)N(C)Cc1ccccc1NC(=O)C1CCOCC1. The fraction of sp³-hybridized carbons (Fsp3) is 0.500. The number of nitrogens with zero attached hydrogens (tertiary/aromatic N) is 1. The zero-order valence-electron chi connectivity index (χ0n) is 12.6. The molecule has 0 atom stereocenters. The van der Waals surface area contributed by atoms with Gasteiger partial charge in [-0.15, -0.1) is 0 Å². The number of rotatable bonds is 4. The maximum absolute atomic E-state index is 12.3. The van der Waals surface area contributed by atoms with Gasteiger partial charge in [0, 0.05) is 45.3 Å². The van der Waals surface area contributed by atoms with E-state index in [1.54, 1.807) is 11.9 Å². The third-order valence-corrected chi connectivity index (χ3v) is 3.81. The van der Waals surface area contributed by atoms with Crippen LogP contribution >= 0.6 is 0 Å². The molecule has 1 aliphatic rings. The van der Waals surface area contributed by atoms with Crippen LogP contribution in [0.25, 0.3) is 0 Å². The predicted octanol–water partition coefficient (Wildman–Crippen LogP) is 2.03. The summed E-state index contributed by atoms with van der Waals surface area (Å²) in [6, 6.07) is 7.60. The monoisotopic (exact) mass is 290 g/mol. The highest BCUT2D eigenvalue weighted by molar-refractivity contribution is 5.93. The molecule has 1 aromatic carbocycles. The van der Waals surface area contributed by atoms with Gasteiger partial charge in [-0.1, -0.05) is 18.2 Å². The van der Waals surface area contributed by atoms with Gasteiger partial charge in [0.1, 0.15) is 0 Å². The maximum atomic E-state index is 12.3. The number of anilines is 1. The minimum atomic E-state index is 0.000517. The van der Waals surface area contributed by atoms with E-state index in [-0.39, 0.29) is 17.7 Å². The number of hydrogen-bond acceptors (Lipinski definition) is 3. The van der Waals surface area contributed by atoms with E-state index in [0.717, 1.165) is 24.1 Å². The Morgan fingerprint density at radius 1 is 1.29 bits per heavy atom. The van der Waals surface area contributed by atoms with Crippen LogP contribution in [-0.4, -0.2) is 37.0 Å². The Balaban J connectivity index is 2.05. The second-order valence-corrected chi connectivity index (χ2v) is 5.41. The molecule has 114 valence electrons. The first-order valence-corrected chi connectivity index (χ1v) is 7.26. The second-order valence-electron chi connectivity index (χ2n) is 5.41. The molecule has 0 aliphatic carbocycles. The fourth-order valence-corrected chi connectivity index (χ4v) is 2.34. The van der Waals surface area contributed by atoms with E-state index < -0.39 is 0 Å². The minimum absolute atomic E-state index is 0.000517. The third kappa shape index (κ3) is 4.29. The van der Waals surface area contributed by atoms with Crippen molar-refractivity contribution in [3.63, 3.8) is 0 Å². The van der Waals surface area contributed by atoms with Crippen molar-refractivity contribution < 1.29 is 14.3 Å². The lowest BCUT2D eigenvalue weighted by atomic mass is 9.99. The van der Waals surface area contributed by atoms with Crippen LogP contribution in [0.4, 0.5) is 5.69 Å². The summed E-state index contributed by atoms with van der Waals surface area (Å²) < 4.78 is 5.28. The highest BCUT2D eigenvalue weighted by Crippen LogP contribution is 2.21. The Hall–Kier alpha value is -1.88.